The molecule has 0 aliphatic rings. The molecule has 1 amide bonds. The Morgan fingerprint density at radius 2 is 2.00 bits per heavy atom. The Morgan fingerprint density at radius 3 is 2.68 bits per heavy atom. The summed E-state index contributed by atoms with van der Waals surface area (Å²) in [5.41, 5.74) is 0.635. The van der Waals surface area contributed by atoms with E-state index in [1.54, 1.807) is 24.3 Å². The highest BCUT2D eigenvalue weighted by atomic mass is 35.5. The maximum Gasteiger partial charge on any atom is 0.413 e. The molecule has 3 rings (SSSR count). The first-order valence-corrected chi connectivity index (χ1v) is 7.70. The largest absolute Gasteiger partial charge is 0.426 e. The number of nitrogens with zero attached hydrogens (tertiary/aromatic N) is 3. The number of hydrogen-bond acceptors (Lipinski definition) is 5. The van der Waals surface area contributed by atoms with Crippen LogP contribution in [0.25, 0.3) is 10.9 Å². The number of carbonyl (C=O) groups is 1. The first-order chi connectivity index (χ1) is 12.0. The number of para-hydroxylation sites is 1. The van der Waals surface area contributed by atoms with Crippen molar-refractivity contribution in [1.82, 2.24) is 9.78 Å². The van der Waals surface area contributed by atoms with Gasteiger partial charge >= 0.3 is 6.09 Å². The fourth-order valence-corrected chi connectivity index (χ4v) is 2.83. The van der Waals surface area contributed by atoms with Gasteiger partial charge < -0.3 is 4.74 Å². The zero-order chi connectivity index (χ0) is 18.0. The van der Waals surface area contributed by atoms with E-state index < -0.39 is 11.0 Å². The summed E-state index contributed by atoms with van der Waals surface area (Å²) in [6, 6.07) is 11.2. The van der Waals surface area contributed by atoms with E-state index in [0.717, 1.165) is 0 Å². The molecule has 0 fully saturated rings. The third-order valence-electron chi connectivity index (χ3n) is 3.30. The van der Waals surface area contributed by atoms with E-state index >= 15 is 0 Å². The Kier molecular flexibility index (Phi) is 4.73. The van der Waals surface area contributed by atoms with E-state index in [1.165, 1.54) is 16.8 Å². The van der Waals surface area contributed by atoms with Crippen LogP contribution in [0.3, 0.4) is 0 Å². The van der Waals surface area contributed by atoms with Crippen LogP contribution in [-0.2, 0) is 11.5 Å². The van der Waals surface area contributed by atoms with Crippen molar-refractivity contribution in [3.63, 3.8) is 0 Å². The Hall–Kier alpha value is -2.84. The lowest BCUT2D eigenvalue weighted by molar-refractivity contribution is -0.384. The number of nitro benzene ring substituents is 1. The Labute approximate surface area is 151 Å². The van der Waals surface area contributed by atoms with Crippen LogP contribution in [0.4, 0.5) is 16.2 Å². The van der Waals surface area contributed by atoms with Gasteiger partial charge in [-0.05, 0) is 12.1 Å². The number of nitrogens with one attached hydrogen (secondary N) is 1. The fourth-order valence-electron chi connectivity index (χ4n) is 2.19. The van der Waals surface area contributed by atoms with Gasteiger partial charge in [0.05, 0.1) is 20.8 Å². The van der Waals surface area contributed by atoms with Crippen molar-refractivity contribution in [3.8, 4) is 0 Å². The lowest BCUT2D eigenvalue weighted by Crippen LogP contribution is -2.16. The molecule has 3 aromatic rings. The number of ether oxygens (including phenoxy) is 1. The number of halogens is 2. The Bertz CT molecular complexity index is 959. The first-order valence-electron chi connectivity index (χ1n) is 6.94. The molecule has 25 heavy (non-hydrogen) atoms. The van der Waals surface area contributed by atoms with Crippen LogP contribution in [0.2, 0.25) is 10.2 Å². The second kappa shape index (κ2) is 6.96. The van der Waals surface area contributed by atoms with Crippen LogP contribution in [0.15, 0.2) is 42.5 Å². The molecule has 1 heterocycles. The predicted molar refractivity (Wildman–Crippen MR) is 93.0 cm³/mol. The van der Waals surface area contributed by atoms with E-state index in [2.05, 4.69) is 10.4 Å². The summed E-state index contributed by atoms with van der Waals surface area (Å²) in [7, 11) is 0. The first kappa shape index (κ1) is 17.0. The molecule has 0 aliphatic heterocycles. The molecule has 0 unspecified atom stereocenters. The van der Waals surface area contributed by atoms with Gasteiger partial charge in [0.25, 0.3) is 5.69 Å². The molecule has 1 N–H and O–H groups in total. The van der Waals surface area contributed by atoms with Crippen molar-refractivity contribution in [2.24, 2.45) is 0 Å². The summed E-state index contributed by atoms with van der Waals surface area (Å²) in [4.78, 5) is 22.2. The maximum atomic E-state index is 11.8. The molecule has 10 heteroatoms. The maximum absolute atomic E-state index is 11.8. The van der Waals surface area contributed by atoms with E-state index in [0.29, 0.717) is 11.1 Å². The minimum Gasteiger partial charge on any atom is -0.426 e. The molecule has 1 aromatic heterocycles. The van der Waals surface area contributed by atoms with Crippen LogP contribution in [0, 0.1) is 10.1 Å². The van der Waals surface area contributed by atoms with Crippen molar-refractivity contribution in [2.75, 3.05) is 5.32 Å². The molecule has 0 aliphatic carbocycles. The summed E-state index contributed by atoms with van der Waals surface area (Å²) < 4.78 is 6.30. The van der Waals surface area contributed by atoms with Gasteiger partial charge in [-0.15, -0.1) is 0 Å². The quantitative estimate of drug-likeness (QED) is 0.531. The number of carbonyl (C=O) groups excluding carboxylic acids is 1. The number of non-ortho nitro benzene ring substituents is 1. The van der Waals surface area contributed by atoms with E-state index in [1.807, 2.05) is 6.07 Å². The van der Waals surface area contributed by atoms with Crippen molar-refractivity contribution in [1.29, 1.82) is 0 Å². The summed E-state index contributed by atoms with van der Waals surface area (Å²) in [5.74, 6) is 0. The summed E-state index contributed by atoms with van der Waals surface area (Å²) in [6.45, 7) is -0.292. The number of anilines is 1. The van der Waals surface area contributed by atoms with Crippen molar-refractivity contribution in [3.05, 3.63) is 62.8 Å². The van der Waals surface area contributed by atoms with E-state index in [9.17, 15) is 14.9 Å². The van der Waals surface area contributed by atoms with Crippen LogP contribution in [-0.4, -0.2) is 20.8 Å². The highest BCUT2D eigenvalue weighted by Gasteiger charge is 2.18. The molecule has 128 valence electrons. The third kappa shape index (κ3) is 3.65. The normalized spacial score (nSPS) is 10.6. The summed E-state index contributed by atoms with van der Waals surface area (Å²) in [5, 5.41) is 18.0. The molecule has 0 atom stereocenters. The van der Waals surface area contributed by atoms with Gasteiger partial charge in [0, 0.05) is 17.8 Å². The molecule has 0 saturated heterocycles. The lowest BCUT2D eigenvalue weighted by Gasteiger charge is -2.07. The number of hydrogen-bond donors (Lipinski definition) is 1. The van der Waals surface area contributed by atoms with E-state index in [4.69, 9.17) is 27.9 Å². The average Bonchev–Trinajstić information content (AvgIpc) is 2.90. The van der Waals surface area contributed by atoms with Crippen LogP contribution in [0.5, 0.6) is 0 Å². The van der Waals surface area contributed by atoms with Crippen molar-refractivity contribution >= 4 is 51.6 Å². The van der Waals surface area contributed by atoms with Crippen molar-refractivity contribution in [2.45, 2.75) is 6.73 Å². The molecule has 2 aromatic carbocycles. The number of nitro groups is 1. The number of aromatic nitrogens is 2. The zero-order valence-corrected chi connectivity index (χ0v) is 14.0. The Morgan fingerprint density at radius 1 is 1.28 bits per heavy atom. The number of amides is 1. The second-order valence-electron chi connectivity index (χ2n) is 4.92. The van der Waals surface area contributed by atoms with E-state index in [-0.39, 0.29) is 28.1 Å². The minimum absolute atomic E-state index is 0.0574. The van der Waals surface area contributed by atoms with Crippen LogP contribution in [0.1, 0.15) is 0 Å². The number of fused-ring (bicyclic) bond motifs is 1. The molecular formula is C15H10Cl2N4O4. The molecule has 8 nitrogen and oxygen atoms in total. The third-order valence-corrected chi connectivity index (χ3v) is 3.86. The van der Waals surface area contributed by atoms with Gasteiger partial charge in [0.15, 0.2) is 11.9 Å². The fraction of sp³-hybridized carbons (Fsp3) is 0.0667. The zero-order valence-electron chi connectivity index (χ0n) is 12.5. The van der Waals surface area contributed by atoms with Gasteiger partial charge in [-0.3, -0.25) is 15.4 Å². The van der Waals surface area contributed by atoms with Gasteiger partial charge in [0.1, 0.15) is 0 Å². The molecule has 0 saturated carbocycles. The monoisotopic (exact) mass is 380 g/mol. The average molecular weight is 381 g/mol. The number of rotatable bonds is 4. The van der Waals surface area contributed by atoms with Crippen LogP contribution >= 0.6 is 23.2 Å². The minimum atomic E-state index is -0.706. The lowest BCUT2D eigenvalue weighted by atomic mass is 10.2. The highest BCUT2D eigenvalue weighted by molar-refractivity contribution is 6.41. The smallest absolute Gasteiger partial charge is 0.413 e. The van der Waals surface area contributed by atoms with Gasteiger partial charge in [-0.25, -0.2) is 9.48 Å². The standard InChI is InChI=1S/C15H10Cl2N4O4/c16-11-6-10(21(23)24)7-12-13(11)14(17)19-20(12)8-25-15(22)18-9-4-2-1-3-5-9/h1-7H,8H2,(H,18,22). The van der Waals surface area contributed by atoms with Gasteiger partial charge in [0.2, 0.25) is 0 Å². The van der Waals surface area contributed by atoms with Gasteiger partial charge in [-0.2, -0.15) is 5.10 Å². The topological polar surface area (TPSA) is 99.3 Å². The molecule has 0 radical (unpaired) electrons. The highest BCUT2D eigenvalue weighted by Crippen LogP contribution is 2.33. The molecular weight excluding hydrogens is 371 g/mol. The molecule has 0 bridgehead atoms. The summed E-state index contributed by atoms with van der Waals surface area (Å²) in [6.07, 6.45) is -0.706. The van der Waals surface area contributed by atoms with Crippen molar-refractivity contribution < 1.29 is 14.5 Å². The predicted octanol–water partition coefficient (Wildman–Crippen LogP) is 4.46. The summed E-state index contributed by atoms with van der Waals surface area (Å²) >= 11 is 12.1. The number of benzene rings is 2. The second-order valence-corrected chi connectivity index (χ2v) is 5.69. The molecule has 0 spiro atoms. The SMILES string of the molecule is O=C(Nc1ccccc1)OCn1nc(Cl)c2c(Cl)cc([N+](=O)[O-])cc21. The van der Waals surface area contributed by atoms with Gasteiger partial charge in [-0.1, -0.05) is 41.4 Å². The van der Waals surface area contributed by atoms with Crippen LogP contribution < -0.4 is 5.32 Å². The Balaban J connectivity index is 1.81.